The topological polar surface area (TPSA) is 52.3 Å². The molecule has 4 heteroatoms. The lowest BCUT2D eigenvalue weighted by Crippen LogP contribution is -2.05. The lowest BCUT2D eigenvalue weighted by Gasteiger charge is -2.00. The van der Waals surface area contributed by atoms with E-state index >= 15 is 0 Å². The average Bonchev–Trinajstić information content (AvgIpc) is 2.60. The monoisotopic (exact) mass is 205 g/mol. The van der Waals surface area contributed by atoms with E-state index < -0.39 is 0 Å². The molecule has 0 aliphatic heterocycles. The van der Waals surface area contributed by atoms with Crippen molar-refractivity contribution in [3.8, 4) is 5.75 Å². The second-order valence-electron chi connectivity index (χ2n) is 3.25. The van der Waals surface area contributed by atoms with Crippen LogP contribution in [-0.2, 0) is 4.79 Å². The average molecular weight is 205 g/mol. The smallest absolute Gasteiger partial charge is 0.310 e. The maximum absolute atomic E-state index is 11.1. The number of hydrogen-bond acceptors (Lipinski definition) is 4. The molecule has 0 spiro atoms. The molecule has 0 radical (unpaired) electrons. The molecule has 15 heavy (non-hydrogen) atoms. The fraction of sp³-hybridized carbons (Fsp3) is 0.273. The molecule has 0 fully saturated rings. The van der Waals surface area contributed by atoms with E-state index in [1.165, 1.54) is 0 Å². The van der Waals surface area contributed by atoms with Gasteiger partial charge in [0.05, 0.1) is 5.69 Å². The predicted octanol–water partition coefficient (Wildman–Crippen LogP) is 2.45. The van der Waals surface area contributed by atoms with Crippen LogP contribution in [0.5, 0.6) is 5.75 Å². The van der Waals surface area contributed by atoms with Crippen molar-refractivity contribution in [2.45, 2.75) is 20.3 Å². The number of rotatable bonds is 2. The summed E-state index contributed by atoms with van der Waals surface area (Å²) < 4.78 is 10.1. The zero-order chi connectivity index (χ0) is 10.8. The number of carbonyl (C=O) groups is 1. The van der Waals surface area contributed by atoms with Crippen molar-refractivity contribution < 1.29 is 14.1 Å². The summed E-state index contributed by atoms with van der Waals surface area (Å²) in [6.45, 7) is 3.61. The van der Waals surface area contributed by atoms with E-state index in [4.69, 9.17) is 9.26 Å². The minimum Gasteiger partial charge on any atom is -0.426 e. The Bertz CT molecular complexity index is 502. The molecule has 0 saturated heterocycles. The van der Waals surface area contributed by atoms with Gasteiger partial charge in [0.25, 0.3) is 0 Å². The molecule has 1 aromatic carbocycles. The van der Waals surface area contributed by atoms with Gasteiger partial charge in [-0.25, -0.2) is 0 Å². The van der Waals surface area contributed by atoms with E-state index in [0.29, 0.717) is 17.8 Å². The van der Waals surface area contributed by atoms with Gasteiger partial charge in [0.1, 0.15) is 5.75 Å². The molecule has 0 aliphatic rings. The summed E-state index contributed by atoms with van der Waals surface area (Å²) >= 11 is 0. The summed E-state index contributed by atoms with van der Waals surface area (Å²) in [6.07, 6.45) is 0.355. The second kappa shape index (κ2) is 3.73. The number of aromatic nitrogens is 1. The lowest BCUT2D eigenvalue weighted by atomic mass is 10.2. The van der Waals surface area contributed by atoms with Crippen molar-refractivity contribution in [2.24, 2.45) is 0 Å². The minimum absolute atomic E-state index is 0.259. The molecular weight excluding hydrogens is 194 g/mol. The second-order valence-corrected chi connectivity index (χ2v) is 3.25. The number of esters is 1. The Labute approximate surface area is 86.8 Å². The van der Waals surface area contributed by atoms with E-state index in [1.54, 1.807) is 19.1 Å². The predicted molar refractivity (Wildman–Crippen MR) is 54.7 cm³/mol. The Morgan fingerprint density at radius 3 is 3.07 bits per heavy atom. The third-order valence-corrected chi connectivity index (χ3v) is 2.14. The number of benzene rings is 1. The molecule has 0 N–H and O–H groups in total. The molecule has 78 valence electrons. The SMILES string of the molecule is CCC(=O)Oc1ccc2c(C)noc2c1. The van der Waals surface area contributed by atoms with E-state index in [9.17, 15) is 4.79 Å². The molecule has 4 nitrogen and oxygen atoms in total. The molecule has 2 rings (SSSR count). The van der Waals surface area contributed by atoms with Gasteiger partial charge in [-0.15, -0.1) is 0 Å². The maximum Gasteiger partial charge on any atom is 0.310 e. The molecule has 0 unspecified atom stereocenters. The van der Waals surface area contributed by atoms with Gasteiger partial charge in [-0.1, -0.05) is 12.1 Å². The van der Waals surface area contributed by atoms with Crippen LogP contribution in [0.1, 0.15) is 19.0 Å². The Balaban J connectivity index is 2.35. The van der Waals surface area contributed by atoms with Gasteiger partial charge in [0.15, 0.2) is 5.58 Å². The molecule has 0 atom stereocenters. The van der Waals surface area contributed by atoms with E-state index in [-0.39, 0.29) is 5.97 Å². The number of ether oxygens (including phenoxy) is 1. The first kappa shape index (κ1) is 9.71. The van der Waals surface area contributed by atoms with Crippen molar-refractivity contribution in [1.29, 1.82) is 0 Å². The van der Waals surface area contributed by atoms with E-state index in [1.807, 2.05) is 13.0 Å². The standard InChI is InChI=1S/C11H11NO3/c1-3-11(13)14-8-4-5-9-7(2)12-15-10(9)6-8/h4-6H,3H2,1-2H3. The van der Waals surface area contributed by atoms with Gasteiger partial charge in [-0.2, -0.15) is 0 Å². The van der Waals surface area contributed by atoms with Crippen LogP contribution in [0, 0.1) is 6.92 Å². The van der Waals surface area contributed by atoms with Crippen LogP contribution in [0.15, 0.2) is 22.7 Å². The van der Waals surface area contributed by atoms with Crippen LogP contribution >= 0.6 is 0 Å². The fourth-order valence-electron chi connectivity index (χ4n) is 1.31. The molecule has 1 aromatic heterocycles. The van der Waals surface area contributed by atoms with Gasteiger partial charge in [0, 0.05) is 17.9 Å². The molecule has 0 saturated carbocycles. The summed E-state index contributed by atoms with van der Waals surface area (Å²) in [5, 5.41) is 4.76. The highest BCUT2D eigenvalue weighted by molar-refractivity contribution is 5.81. The summed E-state index contributed by atoms with van der Waals surface area (Å²) in [4.78, 5) is 11.1. The minimum atomic E-state index is -0.259. The highest BCUT2D eigenvalue weighted by Gasteiger charge is 2.07. The molecule has 2 aromatic rings. The quantitative estimate of drug-likeness (QED) is 0.558. The maximum atomic E-state index is 11.1. The van der Waals surface area contributed by atoms with Crippen molar-refractivity contribution in [3.05, 3.63) is 23.9 Å². The van der Waals surface area contributed by atoms with Crippen molar-refractivity contribution in [3.63, 3.8) is 0 Å². The molecule has 1 heterocycles. The Morgan fingerprint density at radius 2 is 2.33 bits per heavy atom. The fourth-order valence-corrected chi connectivity index (χ4v) is 1.31. The highest BCUT2D eigenvalue weighted by Crippen LogP contribution is 2.23. The Kier molecular flexibility index (Phi) is 2.41. The summed E-state index contributed by atoms with van der Waals surface area (Å²) in [5.41, 5.74) is 1.47. The third kappa shape index (κ3) is 1.83. The largest absolute Gasteiger partial charge is 0.426 e. The molecule has 0 aliphatic carbocycles. The van der Waals surface area contributed by atoms with Gasteiger partial charge in [-0.05, 0) is 19.1 Å². The van der Waals surface area contributed by atoms with Gasteiger partial charge in [0.2, 0.25) is 0 Å². The normalized spacial score (nSPS) is 10.5. The van der Waals surface area contributed by atoms with Crippen molar-refractivity contribution in [2.75, 3.05) is 0 Å². The zero-order valence-corrected chi connectivity index (χ0v) is 8.61. The molecule has 0 bridgehead atoms. The number of aryl methyl sites for hydroxylation is 1. The van der Waals surface area contributed by atoms with Crippen LogP contribution in [0.2, 0.25) is 0 Å². The summed E-state index contributed by atoms with van der Waals surface area (Å²) in [7, 11) is 0. The number of nitrogens with zero attached hydrogens (tertiary/aromatic N) is 1. The van der Waals surface area contributed by atoms with Crippen LogP contribution in [0.25, 0.3) is 11.0 Å². The van der Waals surface area contributed by atoms with Gasteiger partial charge in [-0.3, -0.25) is 4.79 Å². The first-order valence-corrected chi connectivity index (χ1v) is 4.77. The zero-order valence-electron chi connectivity index (χ0n) is 8.61. The lowest BCUT2D eigenvalue weighted by molar-refractivity contribution is -0.134. The van der Waals surface area contributed by atoms with E-state index in [0.717, 1.165) is 11.1 Å². The summed E-state index contributed by atoms with van der Waals surface area (Å²) in [6, 6.07) is 5.24. The van der Waals surface area contributed by atoms with Crippen LogP contribution < -0.4 is 4.74 Å². The Hall–Kier alpha value is -1.84. The molecule has 0 amide bonds. The highest BCUT2D eigenvalue weighted by atomic mass is 16.5. The van der Waals surface area contributed by atoms with Crippen molar-refractivity contribution >= 4 is 16.9 Å². The van der Waals surface area contributed by atoms with Crippen LogP contribution in [0.4, 0.5) is 0 Å². The summed E-state index contributed by atoms with van der Waals surface area (Å²) in [5.74, 6) is 0.232. The van der Waals surface area contributed by atoms with Gasteiger partial charge >= 0.3 is 5.97 Å². The van der Waals surface area contributed by atoms with Crippen molar-refractivity contribution in [1.82, 2.24) is 5.16 Å². The van der Waals surface area contributed by atoms with Crippen LogP contribution in [0.3, 0.4) is 0 Å². The molecular formula is C11H11NO3. The van der Waals surface area contributed by atoms with Gasteiger partial charge < -0.3 is 9.26 Å². The number of carbonyl (C=O) groups excluding carboxylic acids is 1. The van der Waals surface area contributed by atoms with Crippen LogP contribution in [-0.4, -0.2) is 11.1 Å². The first-order valence-electron chi connectivity index (χ1n) is 4.77. The number of hydrogen-bond donors (Lipinski definition) is 0. The number of fused-ring (bicyclic) bond motifs is 1. The third-order valence-electron chi connectivity index (χ3n) is 2.14. The first-order chi connectivity index (χ1) is 7.20. The van der Waals surface area contributed by atoms with E-state index in [2.05, 4.69) is 5.16 Å². The Morgan fingerprint density at radius 1 is 1.53 bits per heavy atom.